The summed E-state index contributed by atoms with van der Waals surface area (Å²) in [6, 6.07) is 0. The molecule has 0 radical (unpaired) electrons. The standard InChI is InChI=1S/H7N3Si2/c1-3-4-2-5-3/h2H,1,4-5H2. The number of hydrogen-bond donors (Lipinski definition) is 2. The van der Waals surface area contributed by atoms with Crippen LogP contribution in [0.25, 0.3) is 0 Å². The highest BCUT2D eigenvalue weighted by molar-refractivity contribution is 6.64. The largest absolute Gasteiger partial charge is 0.344 e. The zero-order valence-electron chi connectivity index (χ0n) is 2.94. The van der Waals surface area contributed by atoms with E-state index in [9.17, 15) is 0 Å². The molecule has 0 saturated carbocycles. The van der Waals surface area contributed by atoms with Crippen LogP contribution in [0.15, 0.2) is 0 Å². The molecule has 0 spiro atoms. The van der Waals surface area contributed by atoms with E-state index in [0.717, 1.165) is 0 Å². The van der Waals surface area contributed by atoms with Crippen LogP contribution in [-0.4, -0.2) is 24.0 Å². The van der Waals surface area contributed by atoms with Crippen molar-refractivity contribution in [3.05, 3.63) is 0 Å². The van der Waals surface area contributed by atoms with Gasteiger partial charge in [0.25, 0.3) is 0 Å². The first kappa shape index (κ1) is 3.50. The number of hydrogen-bond acceptors (Lipinski definition) is 3. The average Bonchev–Trinajstić information content (AvgIpc) is 1.30. The van der Waals surface area contributed by atoms with Crippen LogP contribution in [0.1, 0.15) is 0 Å². The molecule has 0 aromatic carbocycles. The van der Waals surface area contributed by atoms with Crippen molar-refractivity contribution in [1.82, 2.24) is 8.99 Å². The highest BCUT2D eigenvalue weighted by Crippen LogP contribution is 1.68. The lowest BCUT2D eigenvalue weighted by Crippen LogP contribution is -2.62. The minimum Gasteiger partial charge on any atom is -0.344 e. The third kappa shape index (κ3) is 0.579. The number of hydrazine groups is 1. The van der Waals surface area contributed by atoms with Crippen LogP contribution in [0, 0.1) is 0 Å². The molecular formula is H7N3Si2. The summed E-state index contributed by atoms with van der Waals surface area (Å²) in [6.45, 7) is 0. The molecule has 0 amide bonds. The van der Waals surface area contributed by atoms with Gasteiger partial charge in [-0.05, 0) is 0 Å². The van der Waals surface area contributed by atoms with Crippen molar-refractivity contribution in [2.75, 3.05) is 0 Å². The Hall–Kier alpha value is 0.314. The zero-order valence-corrected chi connectivity index (χ0v) is 5.77. The monoisotopic (exact) mass is 105 g/mol. The van der Waals surface area contributed by atoms with Gasteiger partial charge in [-0.1, -0.05) is 0 Å². The smallest absolute Gasteiger partial charge is 0.172 e. The molecule has 1 aliphatic rings. The molecule has 5 heavy (non-hydrogen) atoms. The highest BCUT2D eigenvalue weighted by Gasteiger charge is 2.06. The zero-order chi connectivity index (χ0) is 3.70. The molecule has 1 heterocycles. The summed E-state index contributed by atoms with van der Waals surface area (Å²) in [7, 11) is -0.0957. The minimum atomic E-state index is -0.0478. The Morgan fingerprint density at radius 2 is 2.00 bits per heavy atom. The third-order valence-electron chi connectivity index (χ3n) is 0.630. The molecule has 0 aliphatic carbocycles. The lowest BCUT2D eigenvalue weighted by atomic mass is 12.9. The number of rotatable bonds is 0. The molecule has 0 bridgehead atoms. The van der Waals surface area contributed by atoms with Crippen LogP contribution in [0.5, 0.6) is 0 Å². The molecule has 0 aromatic rings. The van der Waals surface area contributed by atoms with Crippen LogP contribution >= 0.6 is 0 Å². The molecule has 30 valence electrons. The SMILES string of the molecule is NN1[SiH2]N[SiH2]1. The quantitative estimate of drug-likeness (QED) is 0.251. The third-order valence-corrected chi connectivity index (χ3v) is 4.57. The fraction of sp³-hybridized carbons (Fsp3) is 0. The van der Waals surface area contributed by atoms with Crippen LogP contribution < -0.4 is 10.5 Å². The Kier molecular flexibility index (Phi) is 0.832. The summed E-state index contributed by atoms with van der Waals surface area (Å²) in [5.74, 6) is 5.27. The molecule has 1 saturated heterocycles. The van der Waals surface area contributed by atoms with Crippen molar-refractivity contribution in [2.24, 2.45) is 5.84 Å². The van der Waals surface area contributed by atoms with Crippen molar-refractivity contribution in [1.29, 1.82) is 0 Å². The maximum absolute atomic E-state index is 5.27. The van der Waals surface area contributed by atoms with E-state index in [-0.39, 0.29) is 19.7 Å². The van der Waals surface area contributed by atoms with Gasteiger partial charge in [0.15, 0.2) is 19.7 Å². The van der Waals surface area contributed by atoms with E-state index >= 15 is 0 Å². The van der Waals surface area contributed by atoms with E-state index in [2.05, 4.69) is 4.65 Å². The molecule has 1 rings (SSSR count). The lowest BCUT2D eigenvalue weighted by molar-refractivity contribution is 0.675. The van der Waals surface area contributed by atoms with E-state index in [4.69, 9.17) is 5.84 Å². The van der Waals surface area contributed by atoms with E-state index in [1.165, 1.54) is 0 Å². The highest BCUT2D eigenvalue weighted by atomic mass is 28.4. The van der Waals surface area contributed by atoms with E-state index < -0.39 is 0 Å². The minimum absolute atomic E-state index is 0.0478. The van der Waals surface area contributed by atoms with Gasteiger partial charge in [-0.3, -0.25) is 10.2 Å². The summed E-state index contributed by atoms with van der Waals surface area (Å²) in [4.78, 5) is 0. The van der Waals surface area contributed by atoms with Crippen molar-refractivity contribution in [3.8, 4) is 0 Å². The number of nitrogens with one attached hydrogen (secondary N) is 1. The summed E-state index contributed by atoms with van der Waals surface area (Å²) < 4.78 is 5.21. The number of nitrogens with two attached hydrogens (primary N) is 1. The topological polar surface area (TPSA) is 41.3 Å². The first-order valence-corrected chi connectivity index (χ1v) is 4.28. The maximum atomic E-state index is 5.27. The van der Waals surface area contributed by atoms with Gasteiger partial charge in [-0.15, -0.1) is 0 Å². The maximum Gasteiger partial charge on any atom is 0.172 e. The van der Waals surface area contributed by atoms with Gasteiger partial charge < -0.3 is 4.65 Å². The van der Waals surface area contributed by atoms with Gasteiger partial charge in [0.2, 0.25) is 0 Å². The average molecular weight is 105 g/mol. The summed E-state index contributed by atoms with van der Waals surface area (Å²) in [6.07, 6.45) is 0. The normalized spacial score (nSPS) is 35.4. The lowest BCUT2D eigenvalue weighted by Gasteiger charge is -2.24. The molecule has 0 atom stereocenters. The Morgan fingerprint density at radius 3 is 2.00 bits per heavy atom. The van der Waals surface area contributed by atoms with Gasteiger partial charge in [0, 0.05) is 0 Å². The second-order valence-electron chi connectivity index (χ2n) is 1.15. The van der Waals surface area contributed by atoms with E-state index in [1.807, 2.05) is 4.34 Å². The van der Waals surface area contributed by atoms with Gasteiger partial charge in [-0.25, -0.2) is 0 Å². The summed E-state index contributed by atoms with van der Waals surface area (Å²) in [5, 5.41) is 0. The predicted octanol–water partition coefficient (Wildman–Crippen LogP) is -3.24. The molecule has 1 aliphatic heterocycles. The predicted molar refractivity (Wildman–Crippen MR) is 26.3 cm³/mol. The molecule has 5 heteroatoms. The molecule has 0 unspecified atom stereocenters. The van der Waals surface area contributed by atoms with Crippen LogP contribution in [0.4, 0.5) is 0 Å². The van der Waals surface area contributed by atoms with Crippen LogP contribution in [-0.2, 0) is 0 Å². The van der Waals surface area contributed by atoms with E-state index in [0.29, 0.717) is 0 Å². The van der Waals surface area contributed by atoms with Gasteiger partial charge in [-0.2, -0.15) is 0 Å². The number of nitrogens with zero attached hydrogens (tertiary/aromatic N) is 1. The van der Waals surface area contributed by atoms with Crippen molar-refractivity contribution in [3.63, 3.8) is 0 Å². The Labute approximate surface area is 35.5 Å². The van der Waals surface area contributed by atoms with Crippen LogP contribution in [0.3, 0.4) is 0 Å². The van der Waals surface area contributed by atoms with Crippen molar-refractivity contribution < 1.29 is 0 Å². The summed E-state index contributed by atoms with van der Waals surface area (Å²) >= 11 is 0. The van der Waals surface area contributed by atoms with Gasteiger partial charge >= 0.3 is 0 Å². The molecular weight excluding hydrogens is 98.2 g/mol. The molecule has 3 nitrogen and oxygen atoms in total. The second-order valence-corrected chi connectivity index (χ2v) is 6.31. The first-order chi connectivity index (χ1) is 2.39. The Bertz CT molecular complexity index is 31.9. The molecule has 1 fully saturated rings. The van der Waals surface area contributed by atoms with Crippen molar-refractivity contribution >= 4 is 19.7 Å². The van der Waals surface area contributed by atoms with Gasteiger partial charge in [0.05, 0.1) is 0 Å². The first-order valence-electron chi connectivity index (χ1n) is 1.60. The fourth-order valence-corrected chi connectivity index (χ4v) is 2.17. The fourth-order valence-electron chi connectivity index (χ4n) is 0.241. The molecule has 3 N–H and O–H groups in total. The molecule has 0 aromatic heterocycles. The second kappa shape index (κ2) is 1.19. The van der Waals surface area contributed by atoms with E-state index in [1.54, 1.807) is 0 Å². The van der Waals surface area contributed by atoms with Gasteiger partial charge in [0.1, 0.15) is 0 Å². The Morgan fingerprint density at radius 1 is 1.60 bits per heavy atom. The van der Waals surface area contributed by atoms with Crippen LogP contribution in [0.2, 0.25) is 0 Å². The Balaban J connectivity index is 2.08. The summed E-state index contributed by atoms with van der Waals surface area (Å²) in [5.41, 5.74) is 0. The van der Waals surface area contributed by atoms with Crippen molar-refractivity contribution in [2.45, 2.75) is 0 Å².